The second kappa shape index (κ2) is 6.58. The van der Waals surface area contributed by atoms with Crippen LogP contribution >= 0.6 is 11.6 Å². The van der Waals surface area contributed by atoms with Gasteiger partial charge >= 0.3 is 0 Å². The molecule has 6 heteroatoms. The number of hydrogen-bond donors (Lipinski definition) is 3. The van der Waals surface area contributed by atoms with Gasteiger partial charge in [0.05, 0.1) is 23.4 Å². The molecule has 1 unspecified atom stereocenters. The molecule has 0 saturated carbocycles. The zero-order valence-corrected chi connectivity index (χ0v) is 11.2. The van der Waals surface area contributed by atoms with Crippen molar-refractivity contribution < 1.29 is 9.90 Å². The SMILES string of the molecule is CC(O)CN(C)CC(=O)Nc1ccc(N)cc1Cl. The molecule has 1 aromatic rings. The van der Waals surface area contributed by atoms with Gasteiger partial charge in [-0.15, -0.1) is 0 Å². The topological polar surface area (TPSA) is 78.6 Å². The Labute approximate surface area is 112 Å². The van der Waals surface area contributed by atoms with Crippen molar-refractivity contribution in [3.8, 4) is 0 Å². The lowest BCUT2D eigenvalue weighted by Crippen LogP contribution is -2.34. The summed E-state index contributed by atoms with van der Waals surface area (Å²) in [6.07, 6.45) is -0.470. The van der Waals surface area contributed by atoms with Crippen LogP contribution in [0, 0.1) is 0 Å². The summed E-state index contributed by atoms with van der Waals surface area (Å²) in [6, 6.07) is 4.90. The van der Waals surface area contributed by atoms with E-state index in [0.717, 1.165) is 0 Å². The molecule has 1 atom stereocenters. The number of amides is 1. The lowest BCUT2D eigenvalue weighted by atomic mass is 10.3. The summed E-state index contributed by atoms with van der Waals surface area (Å²) in [5.41, 5.74) is 6.64. The van der Waals surface area contributed by atoms with E-state index in [1.54, 1.807) is 37.1 Å². The predicted molar refractivity (Wildman–Crippen MR) is 73.7 cm³/mol. The van der Waals surface area contributed by atoms with Crippen molar-refractivity contribution >= 4 is 28.9 Å². The Hall–Kier alpha value is -1.30. The number of nitrogens with two attached hydrogens (primary N) is 1. The van der Waals surface area contributed by atoms with Gasteiger partial charge in [0.15, 0.2) is 0 Å². The fourth-order valence-corrected chi connectivity index (χ4v) is 1.82. The summed E-state index contributed by atoms with van der Waals surface area (Å²) < 4.78 is 0. The Kier molecular flexibility index (Phi) is 5.40. The fraction of sp³-hybridized carbons (Fsp3) is 0.417. The van der Waals surface area contributed by atoms with Gasteiger partial charge in [0.2, 0.25) is 5.91 Å². The molecule has 0 fully saturated rings. The number of nitrogens with zero attached hydrogens (tertiary/aromatic N) is 1. The highest BCUT2D eigenvalue weighted by Gasteiger charge is 2.10. The minimum atomic E-state index is -0.470. The number of anilines is 2. The Morgan fingerprint density at radius 3 is 2.83 bits per heavy atom. The molecule has 0 aliphatic heterocycles. The molecule has 1 aromatic carbocycles. The van der Waals surface area contributed by atoms with E-state index in [-0.39, 0.29) is 12.5 Å². The first kappa shape index (κ1) is 14.8. The van der Waals surface area contributed by atoms with Crippen molar-refractivity contribution in [2.75, 3.05) is 31.2 Å². The largest absolute Gasteiger partial charge is 0.399 e. The molecule has 0 spiro atoms. The number of carbonyl (C=O) groups is 1. The lowest BCUT2D eigenvalue weighted by molar-refractivity contribution is -0.117. The van der Waals surface area contributed by atoms with Gasteiger partial charge in [0.1, 0.15) is 0 Å². The molecule has 0 aliphatic carbocycles. The Bertz CT molecular complexity index is 424. The third kappa shape index (κ3) is 4.91. The summed E-state index contributed by atoms with van der Waals surface area (Å²) in [4.78, 5) is 13.4. The number of nitrogen functional groups attached to an aromatic ring is 1. The average Bonchev–Trinajstić information content (AvgIpc) is 2.20. The number of nitrogens with one attached hydrogen (secondary N) is 1. The molecule has 1 rings (SSSR count). The summed E-state index contributed by atoms with van der Waals surface area (Å²) in [7, 11) is 1.76. The highest BCUT2D eigenvalue weighted by molar-refractivity contribution is 6.34. The lowest BCUT2D eigenvalue weighted by Gasteiger charge is -2.18. The monoisotopic (exact) mass is 271 g/mol. The van der Waals surface area contributed by atoms with Crippen LogP contribution in [0.4, 0.5) is 11.4 Å². The molecule has 100 valence electrons. The number of benzene rings is 1. The molecule has 1 amide bonds. The van der Waals surface area contributed by atoms with Crippen molar-refractivity contribution in [3.05, 3.63) is 23.2 Å². The van der Waals surface area contributed by atoms with Crippen molar-refractivity contribution in [2.24, 2.45) is 0 Å². The Morgan fingerprint density at radius 2 is 2.28 bits per heavy atom. The number of rotatable bonds is 5. The first-order valence-electron chi connectivity index (χ1n) is 5.60. The molecule has 0 saturated heterocycles. The van der Waals surface area contributed by atoms with E-state index < -0.39 is 6.10 Å². The normalized spacial score (nSPS) is 12.5. The second-order valence-electron chi connectivity index (χ2n) is 4.33. The highest BCUT2D eigenvalue weighted by Crippen LogP contribution is 2.23. The van der Waals surface area contributed by atoms with Crippen LogP contribution in [0.15, 0.2) is 18.2 Å². The van der Waals surface area contributed by atoms with Crippen LogP contribution in [-0.4, -0.2) is 42.2 Å². The van der Waals surface area contributed by atoms with Gasteiger partial charge in [0, 0.05) is 12.2 Å². The maximum atomic E-state index is 11.7. The van der Waals surface area contributed by atoms with Crippen LogP contribution in [0.2, 0.25) is 5.02 Å². The summed E-state index contributed by atoms with van der Waals surface area (Å²) in [5, 5.41) is 12.3. The molecule has 0 heterocycles. The zero-order valence-electron chi connectivity index (χ0n) is 10.5. The van der Waals surface area contributed by atoms with Crippen molar-refractivity contribution in [2.45, 2.75) is 13.0 Å². The zero-order chi connectivity index (χ0) is 13.7. The van der Waals surface area contributed by atoms with Gasteiger partial charge < -0.3 is 16.2 Å². The number of halogens is 1. The standard InChI is InChI=1S/C12H18ClN3O2/c1-8(17)6-16(2)7-12(18)15-11-4-3-9(14)5-10(11)13/h3-5,8,17H,6-7,14H2,1-2H3,(H,15,18). The average molecular weight is 272 g/mol. The minimum absolute atomic E-state index is 0.186. The van der Waals surface area contributed by atoms with E-state index in [2.05, 4.69) is 5.32 Å². The molecular weight excluding hydrogens is 254 g/mol. The highest BCUT2D eigenvalue weighted by atomic mass is 35.5. The van der Waals surface area contributed by atoms with E-state index >= 15 is 0 Å². The van der Waals surface area contributed by atoms with Gasteiger partial charge in [0.25, 0.3) is 0 Å². The maximum absolute atomic E-state index is 11.7. The van der Waals surface area contributed by atoms with Crippen LogP contribution in [0.3, 0.4) is 0 Å². The molecule has 0 aliphatic rings. The van der Waals surface area contributed by atoms with Crippen LogP contribution < -0.4 is 11.1 Å². The van der Waals surface area contributed by atoms with Crippen LogP contribution in [-0.2, 0) is 4.79 Å². The second-order valence-corrected chi connectivity index (χ2v) is 4.74. The third-order valence-electron chi connectivity index (χ3n) is 2.26. The van der Waals surface area contributed by atoms with Crippen LogP contribution in [0.1, 0.15) is 6.92 Å². The minimum Gasteiger partial charge on any atom is -0.399 e. The number of carbonyl (C=O) groups excluding carboxylic acids is 1. The summed E-state index contributed by atoms with van der Waals surface area (Å²) >= 11 is 5.95. The van der Waals surface area contributed by atoms with E-state index in [1.807, 2.05) is 0 Å². The van der Waals surface area contributed by atoms with Gasteiger partial charge in [-0.25, -0.2) is 0 Å². The van der Waals surface area contributed by atoms with Gasteiger partial charge in [-0.3, -0.25) is 9.69 Å². The van der Waals surface area contributed by atoms with Crippen molar-refractivity contribution in [1.29, 1.82) is 0 Å². The fourth-order valence-electron chi connectivity index (χ4n) is 1.58. The first-order chi connectivity index (χ1) is 8.38. The summed E-state index contributed by atoms with van der Waals surface area (Å²) in [6.45, 7) is 2.29. The smallest absolute Gasteiger partial charge is 0.238 e. The van der Waals surface area contributed by atoms with Crippen LogP contribution in [0.25, 0.3) is 0 Å². The Morgan fingerprint density at radius 1 is 1.61 bits per heavy atom. The maximum Gasteiger partial charge on any atom is 0.238 e. The van der Waals surface area contributed by atoms with E-state index in [4.69, 9.17) is 17.3 Å². The van der Waals surface area contributed by atoms with E-state index in [9.17, 15) is 9.90 Å². The Balaban J connectivity index is 2.54. The quantitative estimate of drug-likeness (QED) is 0.703. The van der Waals surface area contributed by atoms with Crippen molar-refractivity contribution in [3.63, 3.8) is 0 Å². The van der Waals surface area contributed by atoms with E-state index in [0.29, 0.717) is 22.9 Å². The molecule has 0 radical (unpaired) electrons. The number of likely N-dealkylation sites (N-methyl/N-ethyl adjacent to an activating group) is 1. The molecule has 5 nitrogen and oxygen atoms in total. The van der Waals surface area contributed by atoms with Gasteiger partial charge in [-0.05, 0) is 32.2 Å². The molecular formula is C12H18ClN3O2. The first-order valence-corrected chi connectivity index (χ1v) is 5.97. The molecule has 4 N–H and O–H groups in total. The van der Waals surface area contributed by atoms with Crippen molar-refractivity contribution in [1.82, 2.24) is 4.90 Å². The van der Waals surface area contributed by atoms with Crippen LogP contribution in [0.5, 0.6) is 0 Å². The van der Waals surface area contributed by atoms with E-state index in [1.165, 1.54) is 0 Å². The molecule has 18 heavy (non-hydrogen) atoms. The van der Waals surface area contributed by atoms with Gasteiger partial charge in [-0.1, -0.05) is 11.6 Å². The third-order valence-corrected chi connectivity index (χ3v) is 2.57. The number of hydrogen-bond acceptors (Lipinski definition) is 4. The summed E-state index contributed by atoms with van der Waals surface area (Å²) in [5.74, 6) is -0.190. The molecule has 0 bridgehead atoms. The number of aliphatic hydroxyl groups is 1. The predicted octanol–water partition coefficient (Wildman–Crippen LogP) is 1.17. The van der Waals surface area contributed by atoms with Gasteiger partial charge in [-0.2, -0.15) is 0 Å². The number of aliphatic hydroxyl groups excluding tert-OH is 1. The molecule has 0 aromatic heterocycles.